The molecule has 2 saturated heterocycles. The van der Waals surface area contributed by atoms with Crippen LogP contribution in [0.3, 0.4) is 0 Å². The van der Waals surface area contributed by atoms with Crippen LogP contribution in [0.4, 0.5) is 4.79 Å². The van der Waals surface area contributed by atoms with E-state index in [2.05, 4.69) is 29.6 Å². The summed E-state index contributed by atoms with van der Waals surface area (Å²) in [5.74, 6) is -1.17. The summed E-state index contributed by atoms with van der Waals surface area (Å²) in [4.78, 5) is 39.6. The average molecular weight is 475 g/mol. The Kier molecular flexibility index (Phi) is 5.31. The Hall–Kier alpha value is -3.35. The van der Waals surface area contributed by atoms with E-state index in [4.69, 9.17) is 4.74 Å². The normalized spacial score (nSPS) is 28.6. The molecule has 2 bridgehead atoms. The molecule has 6 rings (SSSR count). The van der Waals surface area contributed by atoms with Gasteiger partial charge in [0.15, 0.2) is 0 Å². The number of amides is 2. The molecule has 7 nitrogen and oxygen atoms in total. The zero-order valence-electron chi connectivity index (χ0n) is 19.6. The van der Waals surface area contributed by atoms with Crippen LogP contribution in [0, 0.1) is 5.92 Å². The van der Waals surface area contributed by atoms with Crippen molar-refractivity contribution in [3.8, 4) is 11.1 Å². The smallest absolute Gasteiger partial charge is 0.407 e. The molecule has 0 unspecified atom stereocenters. The lowest BCUT2D eigenvalue weighted by Crippen LogP contribution is -2.52. The molecule has 0 radical (unpaired) electrons. The minimum atomic E-state index is -1.01. The van der Waals surface area contributed by atoms with Crippen LogP contribution in [-0.4, -0.2) is 52.2 Å². The molecule has 2 heterocycles. The van der Waals surface area contributed by atoms with Gasteiger partial charge in [0, 0.05) is 23.9 Å². The fourth-order valence-corrected chi connectivity index (χ4v) is 6.98. The van der Waals surface area contributed by atoms with Crippen molar-refractivity contribution in [2.24, 2.45) is 5.92 Å². The summed E-state index contributed by atoms with van der Waals surface area (Å²) in [6.07, 6.45) is 4.05. The Balaban J connectivity index is 1.06. The molecular formula is C28H30N2O5. The molecule has 2 N–H and O–H groups in total. The Labute approximate surface area is 204 Å². The van der Waals surface area contributed by atoms with Gasteiger partial charge >= 0.3 is 12.1 Å². The number of carboxylic acids is 1. The fraction of sp³-hybridized carbons (Fsp3) is 0.464. The Morgan fingerprint density at radius 1 is 0.943 bits per heavy atom. The van der Waals surface area contributed by atoms with Gasteiger partial charge in [-0.1, -0.05) is 48.5 Å². The number of hydrogen-bond acceptors (Lipinski definition) is 4. The molecular weight excluding hydrogens is 444 g/mol. The molecule has 3 fully saturated rings. The SMILES string of the molecule is O=C(N[C@H]1CC[C@@H](C(=O)N2C3CCC2(C(=O)O)CC3)C1)OCC1c2ccccc2-c2ccccc21. The molecule has 2 aliphatic heterocycles. The predicted molar refractivity (Wildman–Crippen MR) is 129 cm³/mol. The summed E-state index contributed by atoms with van der Waals surface area (Å²) in [5.41, 5.74) is 3.69. The predicted octanol–water partition coefficient (Wildman–Crippen LogP) is 4.30. The number of carboxylic acid groups (broad SMARTS) is 1. The fourth-order valence-electron chi connectivity index (χ4n) is 6.98. The van der Waals surface area contributed by atoms with Crippen LogP contribution in [0.5, 0.6) is 0 Å². The third kappa shape index (κ3) is 3.51. The second kappa shape index (κ2) is 8.40. The lowest BCUT2D eigenvalue weighted by atomic mass is 9.88. The molecule has 2 amide bonds. The standard InChI is InChI=1S/C28H30N2O5/c31-25(30-19-11-13-28(30,14-12-19)26(32)33)17-9-10-18(15-17)29-27(34)35-16-24-22-7-3-1-5-20(22)21-6-2-4-8-23(21)24/h1-8,17-19,24H,9-16H2,(H,29,34)(H,32,33)/t17-,18+,19?,28?/m1/s1. The van der Waals surface area contributed by atoms with Crippen molar-refractivity contribution in [2.75, 3.05) is 6.61 Å². The summed E-state index contributed by atoms with van der Waals surface area (Å²) in [6, 6.07) is 16.4. The topological polar surface area (TPSA) is 95.9 Å². The quantitative estimate of drug-likeness (QED) is 0.674. The van der Waals surface area contributed by atoms with Crippen LogP contribution in [-0.2, 0) is 14.3 Å². The number of ether oxygens (including phenoxy) is 1. The molecule has 2 aromatic rings. The molecule has 4 aliphatic rings. The van der Waals surface area contributed by atoms with Crippen LogP contribution < -0.4 is 5.32 Å². The van der Waals surface area contributed by atoms with E-state index in [9.17, 15) is 19.5 Å². The highest BCUT2D eigenvalue weighted by Gasteiger charge is 2.59. The molecule has 2 aromatic carbocycles. The van der Waals surface area contributed by atoms with Gasteiger partial charge in [0.05, 0.1) is 0 Å². The highest BCUT2D eigenvalue weighted by atomic mass is 16.5. The first-order valence-electron chi connectivity index (χ1n) is 12.7. The monoisotopic (exact) mass is 474 g/mol. The first-order chi connectivity index (χ1) is 17.0. The van der Waals surface area contributed by atoms with Gasteiger partial charge in [-0.2, -0.15) is 0 Å². The summed E-state index contributed by atoms with van der Waals surface area (Å²) in [7, 11) is 0. The van der Waals surface area contributed by atoms with Crippen molar-refractivity contribution in [3.05, 3.63) is 59.7 Å². The lowest BCUT2D eigenvalue weighted by molar-refractivity contribution is -0.157. The molecule has 2 atom stereocenters. The number of nitrogens with one attached hydrogen (secondary N) is 1. The summed E-state index contributed by atoms with van der Waals surface area (Å²) in [6.45, 7) is 0.255. The van der Waals surface area contributed by atoms with Gasteiger partial charge in [-0.05, 0) is 67.2 Å². The number of carbonyl (C=O) groups is 3. The molecule has 35 heavy (non-hydrogen) atoms. The summed E-state index contributed by atoms with van der Waals surface area (Å²) >= 11 is 0. The van der Waals surface area contributed by atoms with E-state index in [1.807, 2.05) is 24.3 Å². The van der Waals surface area contributed by atoms with Crippen molar-refractivity contribution >= 4 is 18.0 Å². The van der Waals surface area contributed by atoms with E-state index in [0.717, 1.165) is 12.8 Å². The van der Waals surface area contributed by atoms with Gasteiger partial charge in [-0.25, -0.2) is 9.59 Å². The van der Waals surface area contributed by atoms with Gasteiger partial charge in [-0.3, -0.25) is 4.79 Å². The zero-order valence-corrected chi connectivity index (χ0v) is 19.6. The number of nitrogens with zero attached hydrogens (tertiary/aromatic N) is 1. The maximum absolute atomic E-state index is 13.3. The first kappa shape index (κ1) is 22.1. The van der Waals surface area contributed by atoms with Crippen LogP contribution in [0.1, 0.15) is 62.0 Å². The molecule has 7 heteroatoms. The number of rotatable bonds is 5. The molecule has 182 valence electrons. The highest BCUT2D eigenvalue weighted by molar-refractivity contribution is 5.90. The number of benzene rings is 2. The summed E-state index contributed by atoms with van der Waals surface area (Å²) < 4.78 is 5.67. The lowest BCUT2D eigenvalue weighted by Gasteiger charge is -2.32. The number of carbonyl (C=O) groups excluding carboxylic acids is 2. The third-order valence-corrected chi connectivity index (χ3v) is 8.69. The van der Waals surface area contributed by atoms with Gasteiger partial charge in [0.2, 0.25) is 5.91 Å². The van der Waals surface area contributed by atoms with Crippen LogP contribution in [0.2, 0.25) is 0 Å². The molecule has 0 spiro atoms. The van der Waals surface area contributed by atoms with E-state index in [0.29, 0.717) is 32.1 Å². The number of fused-ring (bicyclic) bond motifs is 5. The minimum absolute atomic E-state index is 0.00362. The maximum atomic E-state index is 13.3. The third-order valence-electron chi connectivity index (χ3n) is 8.69. The highest BCUT2D eigenvalue weighted by Crippen LogP contribution is 2.48. The van der Waals surface area contributed by atoms with E-state index < -0.39 is 17.6 Å². The molecule has 2 aliphatic carbocycles. The second-order valence-corrected chi connectivity index (χ2v) is 10.5. The zero-order chi connectivity index (χ0) is 24.2. The second-order valence-electron chi connectivity index (χ2n) is 10.5. The Bertz CT molecular complexity index is 1140. The van der Waals surface area contributed by atoms with E-state index in [1.165, 1.54) is 22.3 Å². The molecule has 1 saturated carbocycles. The van der Waals surface area contributed by atoms with Gasteiger partial charge in [-0.15, -0.1) is 0 Å². The van der Waals surface area contributed by atoms with E-state index in [-0.39, 0.29) is 36.4 Å². The van der Waals surface area contributed by atoms with Gasteiger partial charge in [0.25, 0.3) is 0 Å². The van der Waals surface area contributed by atoms with Crippen LogP contribution in [0.25, 0.3) is 11.1 Å². The minimum Gasteiger partial charge on any atom is -0.479 e. The van der Waals surface area contributed by atoms with Gasteiger partial charge in [0.1, 0.15) is 12.1 Å². The molecule has 0 aromatic heterocycles. The van der Waals surface area contributed by atoms with Crippen molar-refractivity contribution in [1.29, 1.82) is 0 Å². The van der Waals surface area contributed by atoms with Crippen molar-refractivity contribution < 1.29 is 24.2 Å². The average Bonchev–Trinajstić information content (AvgIpc) is 3.64. The number of alkyl carbamates (subject to hydrolysis) is 1. The Morgan fingerprint density at radius 2 is 1.57 bits per heavy atom. The first-order valence-corrected chi connectivity index (χ1v) is 12.7. The maximum Gasteiger partial charge on any atom is 0.407 e. The van der Waals surface area contributed by atoms with Crippen LogP contribution in [0.15, 0.2) is 48.5 Å². The Morgan fingerprint density at radius 3 is 2.20 bits per heavy atom. The largest absolute Gasteiger partial charge is 0.479 e. The number of hydrogen-bond donors (Lipinski definition) is 2. The van der Waals surface area contributed by atoms with Crippen molar-refractivity contribution in [3.63, 3.8) is 0 Å². The van der Waals surface area contributed by atoms with E-state index >= 15 is 0 Å². The number of aliphatic carboxylic acids is 1. The summed E-state index contributed by atoms with van der Waals surface area (Å²) in [5, 5.41) is 12.8. The van der Waals surface area contributed by atoms with E-state index in [1.54, 1.807) is 4.90 Å². The van der Waals surface area contributed by atoms with Crippen molar-refractivity contribution in [1.82, 2.24) is 10.2 Å². The van der Waals surface area contributed by atoms with Gasteiger partial charge < -0.3 is 20.1 Å². The van der Waals surface area contributed by atoms with Crippen molar-refractivity contribution in [2.45, 2.75) is 68.5 Å². The van der Waals surface area contributed by atoms with Crippen LogP contribution >= 0.6 is 0 Å².